The number of carbonyl (C=O) groups is 1. The van der Waals surface area contributed by atoms with Gasteiger partial charge in [-0.1, -0.05) is 24.3 Å². The average Bonchev–Trinajstić information content (AvgIpc) is 3.26. The third-order valence-electron chi connectivity index (χ3n) is 8.21. The first-order valence-electron chi connectivity index (χ1n) is 14.3. The number of nitrogens with one attached hydrogen (secondary N) is 1. The van der Waals surface area contributed by atoms with Crippen LogP contribution in [-0.4, -0.2) is 49.1 Å². The number of ether oxygens (including phenoxy) is 1. The summed E-state index contributed by atoms with van der Waals surface area (Å²) in [5.74, 6) is 1.68. The first-order valence-corrected chi connectivity index (χ1v) is 14.3. The van der Waals surface area contributed by atoms with Crippen molar-refractivity contribution in [2.24, 2.45) is 0 Å². The maximum atomic E-state index is 13.1. The number of nitrogens with zero attached hydrogens (tertiary/aromatic N) is 4. The van der Waals surface area contributed by atoms with Crippen LogP contribution >= 0.6 is 0 Å². The van der Waals surface area contributed by atoms with E-state index in [0.29, 0.717) is 16.8 Å². The van der Waals surface area contributed by atoms with E-state index in [2.05, 4.69) is 47.2 Å². The molecule has 0 atom stereocenters. The van der Waals surface area contributed by atoms with Crippen molar-refractivity contribution in [1.29, 1.82) is 5.26 Å². The number of rotatable bonds is 7. The maximum absolute atomic E-state index is 13.1. The zero-order valence-electron chi connectivity index (χ0n) is 24.8. The van der Waals surface area contributed by atoms with Crippen molar-refractivity contribution < 1.29 is 9.53 Å². The number of anilines is 2. The molecule has 1 amide bonds. The standard InChI is InChI=1S/C35H37N5O2/c1-24-6-9-29(20-32(24)28-10-7-27(21-36)8-11-28)35(41)38-31-13-15-34(37-22-31)40-17-5-16-39(18-19-40)23-30-12-14-33(42-4)26(3)25(30)2/h6-15,20,22H,5,16-19,23H2,1-4H3,(H,38,41). The van der Waals surface area contributed by atoms with E-state index in [1.165, 1.54) is 16.7 Å². The molecule has 1 aliphatic heterocycles. The first kappa shape index (κ1) is 28.8. The van der Waals surface area contributed by atoms with E-state index in [1.54, 1.807) is 25.4 Å². The van der Waals surface area contributed by atoms with Gasteiger partial charge in [0.05, 0.1) is 30.6 Å². The Bertz CT molecular complexity index is 1610. The molecule has 4 aromatic rings. The summed E-state index contributed by atoms with van der Waals surface area (Å²) in [4.78, 5) is 22.6. The second kappa shape index (κ2) is 12.9. The molecule has 1 aromatic heterocycles. The number of amides is 1. The molecular weight excluding hydrogens is 522 g/mol. The van der Waals surface area contributed by atoms with Gasteiger partial charge in [-0.05, 0) is 103 Å². The van der Waals surface area contributed by atoms with Gasteiger partial charge in [-0.3, -0.25) is 9.69 Å². The molecule has 0 saturated carbocycles. The van der Waals surface area contributed by atoms with Gasteiger partial charge in [-0.25, -0.2) is 4.98 Å². The largest absolute Gasteiger partial charge is 0.496 e. The van der Waals surface area contributed by atoms with Crippen molar-refractivity contribution >= 4 is 17.4 Å². The Morgan fingerprint density at radius 3 is 2.48 bits per heavy atom. The van der Waals surface area contributed by atoms with Crippen LogP contribution in [0.15, 0.2) is 72.9 Å². The third-order valence-corrected chi connectivity index (χ3v) is 8.21. The van der Waals surface area contributed by atoms with Crippen molar-refractivity contribution in [3.63, 3.8) is 0 Å². The average molecular weight is 560 g/mol. The number of aryl methyl sites for hydroxylation is 1. The quantitative estimate of drug-likeness (QED) is 0.278. The topological polar surface area (TPSA) is 81.5 Å². The fourth-order valence-electron chi connectivity index (χ4n) is 5.49. The van der Waals surface area contributed by atoms with Crippen molar-refractivity contribution in [2.75, 3.05) is 43.5 Å². The lowest BCUT2D eigenvalue weighted by Crippen LogP contribution is -2.31. The Morgan fingerprint density at radius 2 is 1.76 bits per heavy atom. The molecule has 2 heterocycles. The highest BCUT2D eigenvalue weighted by molar-refractivity contribution is 6.05. The molecule has 1 N–H and O–H groups in total. The Morgan fingerprint density at radius 1 is 0.952 bits per heavy atom. The van der Waals surface area contributed by atoms with Gasteiger partial charge < -0.3 is 15.0 Å². The number of nitriles is 1. The minimum atomic E-state index is -0.186. The summed E-state index contributed by atoms with van der Waals surface area (Å²) < 4.78 is 5.48. The number of hydrogen-bond donors (Lipinski definition) is 1. The fourth-order valence-corrected chi connectivity index (χ4v) is 5.49. The summed E-state index contributed by atoms with van der Waals surface area (Å²) in [6, 6.07) is 23.4. The molecule has 42 heavy (non-hydrogen) atoms. The van der Waals surface area contributed by atoms with Crippen molar-refractivity contribution in [3.05, 3.63) is 106 Å². The van der Waals surface area contributed by atoms with Crippen LogP contribution in [0.3, 0.4) is 0 Å². The lowest BCUT2D eigenvalue weighted by atomic mass is 9.97. The Kier molecular flexibility index (Phi) is 8.85. The summed E-state index contributed by atoms with van der Waals surface area (Å²) in [6.45, 7) is 11.1. The van der Waals surface area contributed by atoms with Crippen molar-refractivity contribution in [1.82, 2.24) is 9.88 Å². The number of aromatic nitrogens is 1. The highest BCUT2D eigenvalue weighted by Crippen LogP contribution is 2.27. The summed E-state index contributed by atoms with van der Waals surface area (Å²) in [5, 5.41) is 12.1. The van der Waals surface area contributed by atoms with Gasteiger partial charge in [0, 0.05) is 38.3 Å². The van der Waals surface area contributed by atoms with Crippen LogP contribution in [-0.2, 0) is 6.54 Å². The Hall–Kier alpha value is -4.67. The molecule has 0 unspecified atom stereocenters. The van der Waals surface area contributed by atoms with Crippen LogP contribution in [0.5, 0.6) is 5.75 Å². The van der Waals surface area contributed by atoms with Gasteiger partial charge in [0.2, 0.25) is 0 Å². The summed E-state index contributed by atoms with van der Waals surface area (Å²) >= 11 is 0. The first-order chi connectivity index (χ1) is 20.4. The Labute approximate surface area is 248 Å². The van der Waals surface area contributed by atoms with E-state index in [-0.39, 0.29) is 5.91 Å². The number of methoxy groups -OCH3 is 1. The molecule has 0 aliphatic carbocycles. The monoisotopic (exact) mass is 559 g/mol. The van der Waals surface area contributed by atoms with Crippen LogP contribution in [0.1, 0.15) is 44.6 Å². The van der Waals surface area contributed by atoms with E-state index in [1.807, 2.05) is 49.4 Å². The van der Waals surface area contributed by atoms with E-state index in [0.717, 1.165) is 67.4 Å². The van der Waals surface area contributed by atoms with E-state index < -0.39 is 0 Å². The lowest BCUT2D eigenvalue weighted by molar-refractivity contribution is 0.102. The SMILES string of the molecule is COc1ccc(CN2CCCN(c3ccc(NC(=O)c4ccc(C)c(-c5ccc(C#N)cc5)c4)cn3)CC2)c(C)c1C. The van der Waals surface area contributed by atoms with Crippen LogP contribution in [0.4, 0.5) is 11.5 Å². The summed E-state index contributed by atoms with van der Waals surface area (Å²) in [5.41, 5.74) is 8.68. The normalized spacial score (nSPS) is 13.7. The smallest absolute Gasteiger partial charge is 0.255 e. The van der Waals surface area contributed by atoms with E-state index >= 15 is 0 Å². The minimum Gasteiger partial charge on any atom is -0.496 e. The van der Waals surface area contributed by atoms with Crippen molar-refractivity contribution in [2.45, 2.75) is 33.7 Å². The summed E-state index contributed by atoms with van der Waals surface area (Å²) in [6.07, 6.45) is 2.79. The zero-order chi connectivity index (χ0) is 29.6. The second-order valence-corrected chi connectivity index (χ2v) is 10.9. The van der Waals surface area contributed by atoms with Crippen LogP contribution in [0, 0.1) is 32.1 Å². The van der Waals surface area contributed by atoms with Crippen molar-refractivity contribution in [3.8, 4) is 22.9 Å². The van der Waals surface area contributed by atoms with Gasteiger partial charge in [-0.2, -0.15) is 5.26 Å². The maximum Gasteiger partial charge on any atom is 0.255 e. The third kappa shape index (κ3) is 6.45. The second-order valence-electron chi connectivity index (χ2n) is 10.9. The van der Waals surface area contributed by atoms with Gasteiger partial charge in [-0.15, -0.1) is 0 Å². The molecular formula is C35H37N5O2. The molecule has 1 fully saturated rings. The molecule has 7 nitrogen and oxygen atoms in total. The van der Waals surface area contributed by atoms with Gasteiger partial charge >= 0.3 is 0 Å². The molecule has 1 aliphatic rings. The van der Waals surface area contributed by atoms with E-state index in [4.69, 9.17) is 15.0 Å². The molecule has 214 valence electrons. The molecule has 0 bridgehead atoms. The molecule has 0 radical (unpaired) electrons. The summed E-state index contributed by atoms with van der Waals surface area (Å²) in [7, 11) is 1.72. The highest BCUT2D eigenvalue weighted by atomic mass is 16.5. The van der Waals surface area contributed by atoms with Crippen LogP contribution < -0.4 is 15.0 Å². The fraction of sp³-hybridized carbons (Fsp3) is 0.286. The number of hydrogen-bond acceptors (Lipinski definition) is 6. The molecule has 3 aromatic carbocycles. The number of benzene rings is 3. The lowest BCUT2D eigenvalue weighted by Gasteiger charge is -2.24. The molecule has 1 saturated heterocycles. The number of pyridine rings is 1. The Balaban J connectivity index is 1.20. The molecule has 5 rings (SSSR count). The van der Waals surface area contributed by atoms with Crippen LogP contribution in [0.2, 0.25) is 0 Å². The zero-order valence-corrected chi connectivity index (χ0v) is 24.8. The highest BCUT2D eigenvalue weighted by Gasteiger charge is 2.18. The van der Waals surface area contributed by atoms with Crippen LogP contribution in [0.25, 0.3) is 11.1 Å². The van der Waals surface area contributed by atoms with Gasteiger partial charge in [0.15, 0.2) is 0 Å². The van der Waals surface area contributed by atoms with Gasteiger partial charge in [0.1, 0.15) is 11.6 Å². The van der Waals surface area contributed by atoms with E-state index in [9.17, 15) is 4.79 Å². The molecule has 0 spiro atoms. The van der Waals surface area contributed by atoms with Gasteiger partial charge in [0.25, 0.3) is 5.91 Å². The predicted octanol–water partition coefficient (Wildman–Crippen LogP) is 6.52. The predicted molar refractivity (Wildman–Crippen MR) is 168 cm³/mol. The molecule has 7 heteroatoms. The minimum absolute atomic E-state index is 0.186. The number of carbonyl (C=O) groups excluding carboxylic acids is 1.